The van der Waals surface area contributed by atoms with Gasteiger partial charge in [-0.1, -0.05) is 36.4 Å². The van der Waals surface area contributed by atoms with Gasteiger partial charge in [-0.3, -0.25) is 5.84 Å². The molecule has 1 atom stereocenters. The third-order valence-corrected chi connectivity index (χ3v) is 3.43. The second-order valence-corrected chi connectivity index (χ2v) is 4.76. The number of para-hydroxylation sites is 2. The van der Waals surface area contributed by atoms with Crippen molar-refractivity contribution in [2.75, 3.05) is 6.61 Å². The first kappa shape index (κ1) is 13.7. The van der Waals surface area contributed by atoms with Crippen molar-refractivity contribution in [1.29, 1.82) is 0 Å². The summed E-state index contributed by atoms with van der Waals surface area (Å²) in [5.41, 5.74) is 4.63. The molecule has 1 aromatic heterocycles. The molecular weight excluding hydrogens is 264 g/mol. The Balaban J connectivity index is 2.05. The van der Waals surface area contributed by atoms with E-state index in [0.29, 0.717) is 6.61 Å². The highest BCUT2D eigenvalue weighted by Gasteiger charge is 2.20. The van der Waals surface area contributed by atoms with Gasteiger partial charge in [-0.2, -0.15) is 0 Å². The van der Waals surface area contributed by atoms with Crippen molar-refractivity contribution in [3.8, 4) is 5.75 Å². The van der Waals surface area contributed by atoms with Gasteiger partial charge in [0.25, 0.3) is 0 Å². The van der Waals surface area contributed by atoms with Crippen LogP contribution in [0.4, 0.5) is 0 Å². The minimum atomic E-state index is -0.250. The van der Waals surface area contributed by atoms with E-state index in [1.165, 1.54) is 0 Å². The van der Waals surface area contributed by atoms with Crippen molar-refractivity contribution in [3.05, 3.63) is 65.9 Å². The average molecular weight is 282 g/mol. The average Bonchev–Trinajstić information content (AvgIpc) is 2.93. The molecule has 0 fully saturated rings. The van der Waals surface area contributed by atoms with Gasteiger partial charge in [0, 0.05) is 10.9 Å². The molecule has 1 heterocycles. The predicted molar refractivity (Wildman–Crippen MR) is 83.0 cm³/mol. The normalized spacial score (nSPS) is 12.5. The Kier molecular flexibility index (Phi) is 3.90. The van der Waals surface area contributed by atoms with Crippen LogP contribution in [0.3, 0.4) is 0 Å². The van der Waals surface area contributed by atoms with Gasteiger partial charge in [0.15, 0.2) is 0 Å². The van der Waals surface area contributed by atoms with Crippen LogP contribution in [0.2, 0.25) is 0 Å². The van der Waals surface area contributed by atoms with Crippen LogP contribution in [-0.2, 0) is 0 Å². The van der Waals surface area contributed by atoms with Crippen LogP contribution in [0.5, 0.6) is 5.75 Å². The van der Waals surface area contributed by atoms with Crippen LogP contribution in [0.1, 0.15) is 24.3 Å². The minimum absolute atomic E-state index is 0.250. The summed E-state index contributed by atoms with van der Waals surface area (Å²) in [5, 5.41) is 1.06. The van der Waals surface area contributed by atoms with E-state index in [1.807, 2.05) is 61.5 Å². The largest absolute Gasteiger partial charge is 0.494 e. The molecule has 21 heavy (non-hydrogen) atoms. The Hall–Kier alpha value is -2.30. The van der Waals surface area contributed by atoms with Crippen LogP contribution in [0.15, 0.2) is 59.0 Å². The lowest BCUT2D eigenvalue weighted by Crippen LogP contribution is -2.28. The maximum atomic E-state index is 5.91. The first-order valence-corrected chi connectivity index (χ1v) is 6.99. The fourth-order valence-electron chi connectivity index (χ4n) is 2.48. The van der Waals surface area contributed by atoms with Crippen molar-refractivity contribution in [2.45, 2.75) is 13.0 Å². The highest BCUT2D eigenvalue weighted by atomic mass is 16.5. The predicted octanol–water partition coefficient (Wildman–Crippen LogP) is 3.38. The number of nitrogens with one attached hydrogen (secondary N) is 1. The lowest BCUT2D eigenvalue weighted by molar-refractivity contribution is 0.331. The molecule has 0 aliphatic heterocycles. The maximum absolute atomic E-state index is 5.91. The first-order chi connectivity index (χ1) is 10.3. The zero-order valence-corrected chi connectivity index (χ0v) is 11.9. The van der Waals surface area contributed by atoms with Crippen molar-refractivity contribution >= 4 is 11.0 Å². The number of hydrogen-bond donors (Lipinski definition) is 2. The van der Waals surface area contributed by atoms with E-state index >= 15 is 0 Å². The number of fused-ring (bicyclic) bond motifs is 1. The van der Waals surface area contributed by atoms with E-state index in [9.17, 15) is 0 Å². The van der Waals surface area contributed by atoms with Gasteiger partial charge in [-0.25, -0.2) is 5.43 Å². The Morgan fingerprint density at radius 3 is 2.67 bits per heavy atom. The molecule has 0 amide bonds. The van der Waals surface area contributed by atoms with Gasteiger partial charge < -0.3 is 9.15 Å². The Morgan fingerprint density at radius 2 is 1.90 bits per heavy atom. The molecule has 0 spiro atoms. The Labute approximate surface area is 123 Å². The fraction of sp³-hybridized carbons (Fsp3) is 0.176. The summed E-state index contributed by atoms with van der Waals surface area (Å²) in [6.45, 7) is 2.57. The molecule has 0 aliphatic carbocycles. The van der Waals surface area contributed by atoms with E-state index in [0.717, 1.165) is 28.0 Å². The topological polar surface area (TPSA) is 60.4 Å². The van der Waals surface area contributed by atoms with Gasteiger partial charge in [0.1, 0.15) is 23.1 Å². The van der Waals surface area contributed by atoms with Crippen LogP contribution in [0, 0.1) is 0 Å². The van der Waals surface area contributed by atoms with E-state index in [1.54, 1.807) is 0 Å². The molecule has 0 aliphatic rings. The fourth-order valence-corrected chi connectivity index (χ4v) is 2.48. The number of nitrogens with two attached hydrogens (primary N) is 1. The summed E-state index contributed by atoms with van der Waals surface area (Å²) in [6.07, 6.45) is 0. The summed E-state index contributed by atoms with van der Waals surface area (Å²) < 4.78 is 11.6. The summed E-state index contributed by atoms with van der Waals surface area (Å²) in [5.74, 6) is 7.34. The molecule has 2 aromatic carbocycles. The van der Waals surface area contributed by atoms with Gasteiger partial charge in [-0.15, -0.1) is 0 Å². The highest BCUT2D eigenvalue weighted by Crippen LogP contribution is 2.32. The molecule has 0 saturated carbocycles. The molecule has 3 aromatic rings. The quantitative estimate of drug-likeness (QED) is 0.556. The molecule has 0 saturated heterocycles. The van der Waals surface area contributed by atoms with Crippen LogP contribution in [0.25, 0.3) is 11.0 Å². The van der Waals surface area contributed by atoms with Crippen LogP contribution >= 0.6 is 0 Å². The number of rotatable bonds is 5. The van der Waals surface area contributed by atoms with E-state index in [-0.39, 0.29) is 6.04 Å². The minimum Gasteiger partial charge on any atom is -0.494 e. The summed E-state index contributed by atoms with van der Waals surface area (Å²) in [6, 6.07) is 17.5. The SMILES string of the molecule is CCOc1ccccc1C(NN)c1cc2ccccc2o1. The van der Waals surface area contributed by atoms with Crippen molar-refractivity contribution in [3.63, 3.8) is 0 Å². The monoisotopic (exact) mass is 282 g/mol. The second kappa shape index (κ2) is 5.99. The number of ether oxygens (including phenoxy) is 1. The highest BCUT2D eigenvalue weighted by molar-refractivity contribution is 5.78. The number of furan rings is 1. The van der Waals surface area contributed by atoms with Crippen molar-refractivity contribution < 1.29 is 9.15 Å². The lowest BCUT2D eigenvalue weighted by atomic mass is 10.0. The molecule has 3 rings (SSSR count). The standard InChI is InChI=1S/C17H18N2O2/c1-2-20-15-10-6-4-8-13(15)17(19-18)16-11-12-7-3-5-9-14(12)21-16/h3-11,17,19H,2,18H2,1H3. The maximum Gasteiger partial charge on any atom is 0.134 e. The Morgan fingerprint density at radius 1 is 1.14 bits per heavy atom. The van der Waals surface area contributed by atoms with Gasteiger partial charge in [0.05, 0.1) is 6.61 Å². The van der Waals surface area contributed by atoms with Gasteiger partial charge >= 0.3 is 0 Å². The van der Waals surface area contributed by atoms with Crippen LogP contribution < -0.4 is 16.0 Å². The molecule has 0 radical (unpaired) electrons. The zero-order chi connectivity index (χ0) is 14.7. The number of hydrogen-bond acceptors (Lipinski definition) is 4. The third-order valence-electron chi connectivity index (χ3n) is 3.43. The molecule has 0 bridgehead atoms. The molecular formula is C17H18N2O2. The number of hydrazine groups is 1. The van der Waals surface area contributed by atoms with E-state index in [4.69, 9.17) is 15.0 Å². The molecule has 4 heteroatoms. The third kappa shape index (κ3) is 2.63. The van der Waals surface area contributed by atoms with Crippen molar-refractivity contribution in [1.82, 2.24) is 5.43 Å². The first-order valence-electron chi connectivity index (χ1n) is 6.99. The molecule has 1 unspecified atom stereocenters. The molecule has 108 valence electrons. The summed E-state index contributed by atoms with van der Waals surface area (Å²) in [4.78, 5) is 0. The molecule has 4 nitrogen and oxygen atoms in total. The summed E-state index contributed by atoms with van der Waals surface area (Å²) in [7, 11) is 0. The summed E-state index contributed by atoms with van der Waals surface area (Å²) >= 11 is 0. The number of benzene rings is 2. The van der Waals surface area contributed by atoms with Crippen LogP contribution in [-0.4, -0.2) is 6.61 Å². The van der Waals surface area contributed by atoms with E-state index in [2.05, 4.69) is 5.43 Å². The molecule has 3 N–H and O–H groups in total. The van der Waals surface area contributed by atoms with E-state index < -0.39 is 0 Å². The second-order valence-electron chi connectivity index (χ2n) is 4.76. The Bertz CT molecular complexity index is 703. The van der Waals surface area contributed by atoms with Crippen molar-refractivity contribution in [2.24, 2.45) is 5.84 Å². The lowest BCUT2D eigenvalue weighted by Gasteiger charge is -2.17. The van der Waals surface area contributed by atoms with Gasteiger partial charge in [-0.05, 0) is 25.1 Å². The van der Waals surface area contributed by atoms with Gasteiger partial charge in [0.2, 0.25) is 0 Å². The smallest absolute Gasteiger partial charge is 0.134 e. The zero-order valence-electron chi connectivity index (χ0n) is 11.9.